The molecule has 1 aromatic carbocycles. The van der Waals surface area contributed by atoms with Crippen molar-refractivity contribution in [3.8, 4) is 0 Å². The standard InChI is InChI=1S/C17H26N2O2/c1-13(2)12-21-16-6-8-19(9-7-16)11-14-4-3-5-15(10-14)17(18)20/h3-5,10,13,16H,6-9,11-12H2,1-2H3,(H2,18,20). The molecule has 0 spiro atoms. The molecule has 1 saturated heterocycles. The van der Waals surface area contributed by atoms with Crippen molar-refractivity contribution in [1.82, 2.24) is 4.90 Å². The van der Waals surface area contributed by atoms with Gasteiger partial charge in [0.25, 0.3) is 0 Å². The lowest BCUT2D eigenvalue weighted by atomic mass is 10.1. The van der Waals surface area contributed by atoms with E-state index >= 15 is 0 Å². The maximum Gasteiger partial charge on any atom is 0.248 e. The van der Waals surface area contributed by atoms with E-state index < -0.39 is 0 Å². The summed E-state index contributed by atoms with van der Waals surface area (Å²) in [6.07, 6.45) is 2.57. The molecule has 1 aliphatic rings. The van der Waals surface area contributed by atoms with Crippen LogP contribution < -0.4 is 5.73 Å². The molecular formula is C17H26N2O2. The topological polar surface area (TPSA) is 55.6 Å². The van der Waals surface area contributed by atoms with Crippen LogP contribution in [0.15, 0.2) is 24.3 Å². The van der Waals surface area contributed by atoms with Gasteiger partial charge in [-0.25, -0.2) is 0 Å². The fourth-order valence-corrected chi connectivity index (χ4v) is 2.64. The first-order valence-electron chi connectivity index (χ1n) is 7.77. The Labute approximate surface area is 127 Å². The van der Waals surface area contributed by atoms with Crippen LogP contribution in [0.2, 0.25) is 0 Å². The van der Waals surface area contributed by atoms with E-state index in [1.807, 2.05) is 18.2 Å². The zero-order chi connectivity index (χ0) is 15.2. The minimum absolute atomic E-state index is 0.363. The zero-order valence-corrected chi connectivity index (χ0v) is 13.0. The fraction of sp³-hybridized carbons (Fsp3) is 0.588. The molecule has 1 fully saturated rings. The first kappa shape index (κ1) is 16.0. The lowest BCUT2D eigenvalue weighted by Crippen LogP contribution is -2.37. The van der Waals surface area contributed by atoms with E-state index in [0.29, 0.717) is 17.6 Å². The summed E-state index contributed by atoms with van der Waals surface area (Å²) >= 11 is 0. The van der Waals surface area contributed by atoms with Crippen molar-refractivity contribution in [2.45, 2.75) is 39.3 Å². The number of hydrogen-bond acceptors (Lipinski definition) is 3. The number of benzene rings is 1. The quantitative estimate of drug-likeness (QED) is 0.875. The van der Waals surface area contributed by atoms with Crippen molar-refractivity contribution in [2.24, 2.45) is 11.7 Å². The van der Waals surface area contributed by atoms with Crippen LogP contribution >= 0.6 is 0 Å². The highest BCUT2D eigenvalue weighted by Gasteiger charge is 2.20. The third kappa shape index (κ3) is 5.14. The van der Waals surface area contributed by atoms with Crippen molar-refractivity contribution in [1.29, 1.82) is 0 Å². The number of nitrogens with two attached hydrogens (primary N) is 1. The molecule has 2 N–H and O–H groups in total. The molecule has 116 valence electrons. The average Bonchev–Trinajstić information content (AvgIpc) is 2.47. The maximum atomic E-state index is 11.2. The lowest BCUT2D eigenvalue weighted by Gasteiger charge is -2.32. The Morgan fingerprint density at radius 1 is 1.38 bits per heavy atom. The third-order valence-corrected chi connectivity index (χ3v) is 3.82. The Morgan fingerprint density at radius 2 is 2.10 bits per heavy atom. The smallest absolute Gasteiger partial charge is 0.248 e. The van der Waals surface area contributed by atoms with Gasteiger partial charge in [-0.1, -0.05) is 26.0 Å². The van der Waals surface area contributed by atoms with Crippen molar-refractivity contribution in [3.63, 3.8) is 0 Å². The highest BCUT2D eigenvalue weighted by molar-refractivity contribution is 5.92. The summed E-state index contributed by atoms with van der Waals surface area (Å²) in [6, 6.07) is 7.60. The number of primary amides is 1. The number of ether oxygens (including phenoxy) is 1. The Morgan fingerprint density at radius 3 is 2.71 bits per heavy atom. The second-order valence-corrected chi connectivity index (χ2v) is 6.27. The summed E-state index contributed by atoms with van der Waals surface area (Å²) in [4.78, 5) is 13.6. The normalized spacial score (nSPS) is 17.3. The SMILES string of the molecule is CC(C)COC1CCN(Cc2cccc(C(N)=O)c2)CC1. The molecule has 0 radical (unpaired) electrons. The molecule has 0 bridgehead atoms. The Kier molecular flexibility index (Phi) is 5.76. The van der Waals surface area contributed by atoms with Crippen molar-refractivity contribution < 1.29 is 9.53 Å². The average molecular weight is 290 g/mol. The van der Waals surface area contributed by atoms with Gasteiger partial charge < -0.3 is 10.5 Å². The maximum absolute atomic E-state index is 11.2. The first-order chi connectivity index (χ1) is 10.0. The number of carbonyl (C=O) groups excluding carboxylic acids is 1. The summed E-state index contributed by atoms with van der Waals surface area (Å²) < 4.78 is 5.91. The molecule has 4 heteroatoms. The first-order valence-corrected chi connectivity index (χ1v) is 7.77. The van der Waals surface area contributed by atoms with Gasteiger partial charge in [0.15, 0.2) is 0 Å². The molecule has 0 aliphatic carbocycles. The van der Waals surface area contributed by atoms with E-state index in [1.165, 1.54) is 0 Å². The molecular weight excluding hydrogens is 264 g/mol. The van der Waals surface area contributed by atoms with Gasteiger partial charge in [0.1, 0.15) is 0 Å². The number of nitrogens with zero attached hydrogens (tertiary/aromatic N) is 1. The predicted molar refractivity (Wildman–Crippen MR) is 84.0 cm³/mol. The largest absolute Gasteiger partial charge is 0.378 e. The van der Waals surface area contributed by atoms with E-state index in [0.717, 1.165) is 44.6 Å². The number of carbonyl (C=O) groups is 1. The van der Waals surface area contributed by atoms with Crippen molar-refractivity contribution in [3.05, 3.63) is 35.4 Å². The summed E-state index contributed by atoms with van der Waals surface area (Å²) in [5.41, 5.74) is 7.05. The number of amides is 1. The van der Waals surface area contributed by atoms with Crippen molar-refractivity contribution >= 4 is 5.91 Å². The minimum atomic E-state index is -0.363. The van der Waals surface area contributed by atoms with E-state index in [1.54, 1.807) is 6.07 Å². The zero-order valence-electron chi connectivity index (χ0n) is 13.0. The fourth-order valence-electron chi connectivity index (χ4n) is 2.64. The summed E-state index contributed by atoms with van der Waals surface area (Å²) in [7, 11) is 0. The molecule has 0 unspecified atom stereocenters. The van der Waals surface area contributed by atoms with Gasteiger partial charge in [0.2, 0.25) is 5.91 Å². The number of likely N-dealkylation sites (tertiary alicyclic amines) is 1. The van der Waals surface area contributed by atoms with Gasteiger partial charge in [-0.15, -0.1) is 0 Å². The third-order valence-electron chi connectivity index (χ3n) is 3.82. The minimum Gasteiger partial charge on any atom is -0.378 e. The summed E-state index contributed by atoms with van der Waals surface area (Å²) in [5, 5.41) is 0. The van der Waals surface area contributed by atoms with Crippen molar-refractivity contribution in [2.75, 3.05) is 19.7 Å². The van der Waals surface area contributed by atoms with E-state index in [9.17, 15) is 4.79 Å². The molecule has 0 saturated carbocycles. The molecule has 1 aliphatic heterocycles. The van der Waals surface area contributed by atoms with E-state index in [-0.39, 0.29) is 5.91 Å². The Hall–Kier alpha value is -1.39. The van der Waals surface area contributed by atoms with Crippen LogP contribution in [0.5, 0.6) is 0 Å². The molecule has 21 heavy (non-hydrogen) atoms. The Balaban J connectivity index is 1.80. The monoisotopic (exact) mass is 290 g/mol. The van der Waals surface area contributed by atoms with Crippen LogP contribution in [0.25, 0.3) is 0 Å². The van der Waals surface area contributed by atoms with E-state index in [2.05, 4.69) is 18.7 Å². The summed E-state index contributed by atoms with van der Waals surface area (Å²) in [5.74, 6) is 0.234. The summed E-state index contributed by atoms with van der Waals surface area (Å²) in [6.45, 7) is 8.18. The van der Waals surface area contributed by atoms with E-state index in [4.69, 9.17) is 10.5 Å². The van der Waals surface area contributed by atoms with Gasteiger partial charge in [-0.3, -0.25) is 9.69 Å². The second-order valence-electron chi connectivity index (χ2n) is 6.27. The van der Waals surface area contributed by atoms with Gasteiger partial charge in [0.05, 0.1) is 6.10 Å². The Bertz CT molecular complexity index is 466. The van der Waals surface area contributed by atoms with Crippen LogP contribution in [0.3, 0.4) is 0 Å². The van der Waals surface area contributed by atoms with Crippen LogP contribution in [0.4, 0.5) is 0 Å². The number of rotatable bonds is 6. The van der Waals surface area contributed by atoms with Gasteiger partial charge >= 0.3 is 0 Å². The van der Waals surface area contributed by atoms with Gasteiger partial charge in [-0.2, -0.15) is 0 Å². The molecule has 2 rings (SSSR count). The van der Waals surface area contributed by atoms with Crippen LogP contribution in [0, 0.1) is 5.92 Å². The van der Waals surface area contributed by atoms with Crippen LogP contribution in [-0.4, -0.2) is 36.6 Å². The molecule has 1 aromatic rings. The highest BCUT2D eigenvalue weighted by Crippen LogP contribution is 2.17. The van der Waals surface area contributed by atoms with Crippen LogP contribution in [0.1, 0.15) is 42.6 Å². The second kappa shape index (κ2) is 7.57. The molecule has 0 atom stereocenters. The molecule has 1 heterocycles. The molecule has 4 nitrogen and oxygen atoms in total. The van der Waals surface area contributed by atoms with Crippen LogP contribution in [-0.2, 0) is 11.3 Å². The van der Waals surface area contributed by atoms with Gasteiger partial charge in [0, 0.05) is 31.8 Å². The number of piperidine rings is 1. The highest BCUT2D eigenvalue weighted by atomic mass is 16.5. The number of hydrogen-bond donors (Lipinski definition) is 1. The molecule has 0 aromatic heterocycles. The van der Waals surface area contributed by atoms with Gasteiger partial charge in [-0.05, 0) is 36.5 Å². The molecule has 1 amide bonds. The predicted octanol–water partition coefficient (Wildman–Crippen LogP) is 2.42. The lowest BCUT2D eigenvalue weighted by molar-refractivity contribution is -0.00584.